The molecule has 24 heavy (non-hydrogen) atoms. The topological polar surface area (TPSA) is 18.5 Å². The van der Waals surface area contributed by atoms with Crippen LogP contribution in [0.4, 0.5) is 8.78 Å². The Bertz CT molecular complexity index is 807. The highest BCUT2D eigenvalue weighted by molar-refractivity contribution is 5.82. The number of benzene rings is 3. The fourth-order valence-electron chi connectivity index (χ4n) is 2.68. The number of halogens is 2. The molecule has 3 aromatic rings. The van der Waals surface area contributed by atoms with Crippen LogP contribution < -0.4 is 9.47 Å². The van der Waals surface area contributed by atoms with E-state index in [1.165, 1.54) is 26.4 Å². The Balaban J connectivity index is 2.29. The lowest BCUT2D eigenvalue weighted by molar-refractivity contribution is 0.396. The fraction of sp³-hybridized carbons (Fsp3) is 0.100. The molecule has 0 aromatic heterocycles. The highest BCUT2D eigenvalue weighted by Crippen LogP contribution is 2.42. The molecular weight excluding hydrogens is 310 g/mol. The van der Waals surface area contributed by atoms with Gasteiger partial charge >= 0.3 is 0 Å². The molecule has 0 fully saturated rings. The SMILES string of the molecule is COc1cc(OC)c(-c2ccccc2F)cc1-c1ccccc1F. The Morgan fingerprint density at radius 1 is 0.583 bits per heavy atom. The second-order valence-electron chi connectivity index (χ2n) is 5.21. The molecule has 0 spiro atoms. The van der Waals surface area contributed by atoms with Crippen molar-refractivity contribution in [2.24, 2.45) is 0 Å². The van der Waals surface area contributed by atoms with E-state index in [2.05, 4.69) is 0 Å². The first-order valence-corrected chi connectivity index (χ1v) is 7.41. The number of ether oxygens (including phenoxy) is 2. The van der Waals surface area contributed by atoms with Crippen LogP contribution in [-0.4, -0.2) is 14.2 Å². The highest BCUT2D eigenvalue weighted by atomic mass is 19.1. The lowest BCUT2D eigenvalue weighted by Crippen LogP contribution is -1.96. The second kappa shape index (κ2) is 6.71. The summed E-state index contributed by atoms with van der Waals surface area (Å²) < 4.78 is 39.2. The molecular formula is C20H16F2O2. The number of rotatable bonds is 4. The van der Waals surface area contributed by atoms with Gasteiger partial charge in [0.2, 0.25) is 0 Å². The van der Waals surface area contributed by atoms with Gasteiger partial charge in [-0.3, -0.25) is 0 Å². The largest absolute Gasteiger partial charge is 0.496 e. The molecule has 0 aliphatic rings. The summed E-state index contributed by atoms with van der Waals surface area (Å²) in [6.07, 6.45) is 0. The molecule has 0 saturated carbocycles. The molecule has 0 bridgehead atoms. The number of hydrogen-bond donors (Lipinski definition) is 0. The van der Waals surface area contributed by atoms with Gasteiger partial charge in [0.15, 0.2) is 0 Å². The molecule has 2 nitrogen and oxygen atoms in total. The molecule has 0 heterocycles. The predicted molar refractivity (Wildman–Crippen MR) is 90.3 cm³/mol. The van der Waals surface area contributed by atoms with Crippen molar-refractivity contribution in [3.05, 3.63) is 72.3 Å². The molecule has 3 aromatic carbocycles. The Hall–Kier alpha value is -2.88. The molecule has 0 atom stereocenters. The molecule has 0 unspecified atom stereocenters. The van der Waals surface area contributed by atoms with Gasteiger partial charge in [-0.15, -0.1) is 0 Å². The first-order valence-electron chi connectivity index (χ1n) is 7.41. The lowest BCUT2D eigenvalue weighted by Gasteiger charge is -2.16. The third-order valence-corrected chi connectivity index (χ3v) is 3.85. The smallest absolute Gasteiger partial charge is 0.131 e. The predicted octanol–water partition coefficient (Wildman–Crippen LogP) is 5.32. The van der Waals surface area contributed by atoms with Crippen LogP contribution in [0.1, 0.15) is 0 Å². The summed E-state index contributed by atoms with van der Waals surface area (Å²) in [5.41, 5.74) is 1.84. The quantitative estimate of drug-likeness (QED) is 0.646. The zero-order chi connectivity index (χ0) is 17.1. The van der Waals surface area contributed by atoms with Crippen molar-refractivity contribution in [3.8, 4) is 33.8 Å². The second-order valence-corrected chi connectivity index (χ2v) is 5.21. The minimum Gasteiger partial charge on any atom is -0.496 e. The van der Waals surface area contributed by atoms with Gasteiger partial charge in [0.25, 0.3) is 0 Å². The van der Waals surface area contributed by atoms with Crippen molar-refractivity contribution in [2.45, 2.75) is 0 Å². The molecule has 4 heteroatoms. The Kier molecular flexibility index (Phi) is 4.47. The summed E-state index contributed by atoms with van der Waals surface area (Å²) in [6, 6.07) is 16.1. The molecule has 0 radical (unpaired) electrons. The first kappa shape index (κ1) is 16.0. The van der Waals surface area contributed by atoms with Crippen molar-refractivity contribution in [2.75, 3.05) is 14.2 Å². The van der Waals surface area contributed by atoms with Gasteiger partial charge in [0.05, 0.1) is 14.2 Å². The normalized spacial score (nSPS) is 10.5. The summed E-state index contributed by atoms with van der Waals surface area (Å²) in [5.74, 6) is 0.162. The average molecular weight is 326 g/mol. The van der Waals surface area contributed by atoms with E-state index in [1.807, 2.05) is 0 Å². The first-order chi connectivity index (χ1) is 11.7. The molecule has 0 aliphatic carbocycles. The van der Waals surface area contributed by atoms with Crippen molar-refractivity contribution < 1.29 is 18.3 Å². The van der Waals surface area contributed by atoms with E-state index < -0.39 is 0 Å². The van der Waals surface area contributed by atoms with Gasteiger partial charge in [0, 0.05) is 28.3 Å². The Morgan fingerprint density at radius 2 is 1.00 bits per heavy atom. The van der Waals surface area contributed by atoms with Crippen molar-refractivity contribution in [1.29, 1.82) is 0 Å². The van der Waals surface area contributed by atoms with E-state index in [0.717, 1.165) is 0 Å². The molecule has 0 N–H and O–H groups in total. The molecule has 0 amide bonds. The van der Waals surface area contributed by atoms with Gasteiger partial charge in [-0.25, -0.2) is 8.78 Å². The third kappa shape index (κ3) is 2.83. The zero-order valence-electron chi connectivity index (χ0n) is 13.3. The van der Waals surface area contributed by atoms with E-state index in [9.17, 15) is 8.78 Å². The minimum absolute atomic E-state index is 0.375. The summed E-state index contributed by atoms with van der Waals surface area (Å²) in [4.78, 5) is 0. The van der Waals surface area contributed by atoms with Crippen LogP contribution in [0.3, 0.4) is 0 Å². The Morgan fingerprint density at radius 3 is 1.38 bits per heavy atom. The third-order valence-electron chi connectivity index (χ3n) is 3.85. The molecule has 0 aliphatic heterocycles. The summed E-state index contributed by atoms with van der Waals surface area (Å²) in [5, 5.41) is 0. The summed E-state index contributed by atoms with van der Waals surface area (Å²) in [7, 11) is 3.00. The van der Waals surface area contributed by atoms with Crippen LogP contribution in [0.25, 0.3) is 22.3 Å². The van der Waals surface area contributed by atoms with E-state index >= 15 is 0 Å². The maximum atomic E-state index is 14.2. The van der Waals surface area contributed by atoms with Crippen LogP contribution in [-0.2, 0) is 0 Å². The van der Waals surface area contributed by atoms with E-state index in [0.29, 0.717) is 33.8 Å². The van der Waals surface area contributed by atoms with E-state index in [1.54, 1.807) is 48.5 Å². The van der Waals surface area contributed by atoms with Crippen molar-refractivity contribution >= 4 is 0 Å². The molecule has 0 saturated heterocycles. The number of methoxy groups -OCH3 is 2. The van der Waals surface area contributed by atoms with Crippen LogP contribution in [0.2, 0.25) is 0 Å². The highest BCUT2D eigenvalue weighted by Gasteiger charge is 2.18. The molecule has 3 rings (SSSR count). The standard InChI is InChI=1S/C20H16F2O2/c1-23-19-12-20(24-2)16(14-8-4-6-10-18(14)22)11-15(19)13-7-3-5-9-17(13)21/h3-12H,1-2H3. The lowest BCUT2D eigenvalue weighted by atomic mass is 9.96. The maximum Gasteiger partial charge on any atom is 0.131 e. The van der Waals surface area contributed by atoms with E-state index in [-0.39, 0.29) is 11.6 Å². The van der Waals surface area contributed by atoms with Crippen LogP contribution in [0.15, 0.2) is 60.7 Å². The summed E-state index contributed by atoms with van der Waals surface area (Å²) >= 11 is 0. The van der Waals surface area contributed by atoms with Gasteiger partial charge < -0.3 is 9.47 Å². The van der Waals surface area contributed by atoms with Gasteiger partial charge in [0.1, 0.15) is 23.1 Å². The number of hydrogen-bond acceptors (Lipinski definition) is 2. The summed E-state index contributed by atoms with van der Waals surface area (Å²) in [6.45, 7) is 0. The average Bonchev–Trinajstić information content (AvgIpc) is 2.61. The van der Waals surface area contributed by atoms with Crippen molar-refractivity contribution in [3.63, 3.8) is 0 Å². The molecule has 122 valence electrons. The fourth-order valence-corrected chi connectivity index (χ4v) is 2.68. The maximum absolute atomic E-state index is 14.2. The van der Waals surface area contributed by atoms with Crippen LogP contribution >= 0.6 is 0 Å². The van der Waals surface area contributed by atoms with Gasteiger partial charge in [-0.1, -0.05) is 36.4 Å². The van der Waals surface area contributed by atoms with Crippen molar-refractivity contribution in [1.82, 2.24) is 0 Å². The van der Waals surface area contributed by atoms with Crippen LogP contribution in [0, 0.1) is 11.6 Å². The van der Waals surface area contributed by atoms with E-state index in [4.69, 9.17) is 9.47 Å². The Labute approximate surface area is 139 Å². The van der Waals surface area contributed by atoms with Gasteiger partial charge in [-0.2, -0.15) is 0 Å². The zero-order valence-corrected chi connectivity index (χ0v) is 13.3. The van der Waals surface area contributed by atoms with Crippen LogP contribution in [0.5, 0.6) is 11.5 Å². The minimum atomic E-state index is -0.375. The monoisotopic (exact) mass is 326 g/mol. The van der Waals surface area contributed by atoms with Gasteiger partial charge in [-0.05, 0) is 18.2 Å².